The number of methoxy groups -OCH3 is 1. The van der Waals surface area contributed by atoms with Crippen LogP contribution in [0.3, 0.4) is 0 Å². The first-order valence-corrected chi connectivity index (χ1v) is 11.3. The molecule has 0 spiro atoms. The van der Waals surface area contributed by atoms with Crippen molar-refractivity contribution in [2.45, 2.75) is 62.1 Å². The van der Waals surface area contributed by atoms with Gasteiger partial charge in [-0.2, -0.15) is 0 Å². The minimum absolute atomic E-state index is 0.144. The zero-order valence-electron chi connectivity index (χ0n) is 17.8. The summed E-state index contributed by atoms with van der Waals surface area (Å²) < 4.78 is 27.0. The zero-order valence-corrected chi connectivity index (χ0v) is 17.8. The number of fused-ring (bicyclic) bond motifs is 3. The number of rotatable bonds is 6. The maximum Gasteiger partial charge on any atom is 0.335 e. The van der Waals surface area contributed by atoms with Crippen molar-refractivity contribution in [3.05, 3.63) is 29.2 Å². The average Bonchev–Trinajstić information content (AvgIpc) is 3.64. The van der Waals surface area contributed by atoms with E-state index in [0.29, 0.717) is 55.0 Å². The van der Waals surface area contributed by atoms with E-state index in [-0.39, 0.29) is 17.5 Å². The molecule has 4 unspecified atom stereocenters. The molecule has 2 saturated heterocycles. The van der Waals surface area contributed by atoms with Crippen LogP contribution in [0.25, 0.3) is 0 Å². The monoisotopic (exact) mass is 446 g/mol. The number of benzene rings is 1. The molecule has 172 valence electrons. The predicted octanol–water partition coefficient (Wildman–Crippen LogP) is 1.94. The van der Waals surface area contributed by atoms with E-state index in [9.17, 15) is 20.1 Å². The molecule has 1 aromatic rings. The number of anilines is 2. The van der Waals surface area contributed by atoms with E-state index in [4.69, 9.17) is 9.47 Å². The van der Waals surface area contributed by atoms with Crippen LogP contribution in [-0.2, 0) is 9.53 Å². The Morgan fingerprint density at radius 1 is 1.28 bits per heavy atom. The number of epoxide rings is 1. The SMILES string of the molecule is COc1c(N2CCC(C(O)C3(O)CC3)C2)c(F)cc2c1N(C1CC1)C=C(C(=O)O)C1OC21. The minimum atomic E-state index is -1.04. The molecular formula is C23H27FN2O6. The Labute approximate surface area is 184 Å². The molecule has 3 N–H and O–H groups in total. The van der Waals surface area contributed by atoms with Gasteiger partial charge < -0.3 is 34.6 Å². The topological polar surface area (TPSA) is 106 Å². The summed E-state index contributed by atoms with van der Waals surface area (Å²) in [6.07, 6.45) is 3.38. The van der Waals surface area contributed by atoms with Crippen LogP contribution in [0.1, 0.15) is 43.8 Å². The van der Waals surface area contributed by atoms with Gasteiger partial charge in [-0.05, 0) is 38.2 Å². The van der Waals surface area contributed by atoms with Gasteiger partial charge in [0.25, 0.3) is 0 Å². The van der Waals surface area contributed by atoms with Crippen molar-refractivity contribution in [3.8, 4) is 5.75 Å². The van der Waals surface area contributed by atoms with Gasteiger partial charge in [-0.3, -0.25) is 0 Å². The number of halogens is 1. The van der Waals surface area contributed by atoms with Crippen molar-refractivity contribution in [3.63, 3.8) is 0 Å². The van der Waals surface area contributed by atoms with Crippen molar-refractivity contribution in [2.75, 3.05) is 30.0 Å². The van der Waals surface area contributed by atoms with Gasteiger partial charge >= 0.3 is 5.97 Å². The summed E-state index contributed by atoms with van der Waals surface area (Å²) in [7, 11) is 1.50. The van der Waals surface area contributed by atoms with Gasteiger partial charge in [0, 0.05) is 36.8 Å². The van der Waals surface area contributed by atoms with E-state index in [1.807, 2.05) is 9.80 Å². The molecule has 2 saturated carbocycles. The Hall–Kier alpha value is -2.36. The molecule has 3 aliphatic heterocycles. The van der Waals surface area contributed by atoms with Crippen molar-refractivity contribution in [2.24, 2.45) is 5.92 Å². The fourth-order valence-corrected chi connectivity index (χ4v) is 5.40. The molecular weight excluding hydrogens is 419 g/mol. The molecule has 3 heterocycles. The van der Waals surface area contributed by atoms with Crippen LogP contribution >= 0.6 is 0 Å². The van der Waals surface area contributed by atoms with Gasteiger partial charge in [-0.25, -0.2) is 9.18 Å². The molecule has 5 aliphatic rings. The highest BCUT2D eigenvalue weighted by molar-refractivity contribution is 5.91. The van der Waals surface area contributed by atoms with Crippen molar-refractivity contribution >= 4 is 17.3 Å². The molecule has 0 amide bonds. The summed E-state index contributed by atoms with van der Waals surface area (Å²) in [5.74, 6) is -1.28. The first-order chi connectivity index (χ1) is 15.3. The number of aliphatic carboxylic acids is 1. The Morgan fingerprint density at radius 2 is 2.03 bits per heavy atom. The molecule has 32 heavy (non-hydrogen) atoms. The molecule has 2 aliphatic carbocycles. The van der Waals surface area contributed by atoms with Crippen molar-refractivity contribution in [1.82, 2.24) is 0 Å². The number of nitrogens with zero attached hydrogens (tertiary/aromatic N) is 2. The lowest BCUT2D eigenvalue weighted by Crippen LogP contribution is -2.37. The predicted molar refractivity (Wildman–Crippen MR) is 112 cm³/mol. The smallest absolute Gasteiger partial charge is 0.335 e. The van der Waals surface area contributed by atoms with Gasteiger partial charge in [-0.1, -0.05) is 0 Å². The van der Waals surface area contributed by atoms with E-state index in [1.54, 1.807) is 6.20 Å². The van der Waals surface area contributed by atoms with Gasteiger partial charge in [0.05, 0.1) is 30.1 Å². The second-order valence-electron chi connectivity index (χ2n) is 9.73. The maximum atomic E-state index is 15.5. The normalized spacial score (nSPS) is 30.8. The van der Waals surface area contributed by atoms with E-state index in [2.05, 4.69) is 0 Å². The van der Waals surface area contributed by atoms with E-state index in [0.717, 1.165) is 12.8 Å². The fourth-order valence-electron chi connectivity index (χ4n) is 5.40. The lowest BCUT2D eigenvalue weighted by molar-refractivity contribution is -0.132. The number of carbonyl (C=O) groups is 1. The molecule has 0 aromatic heterocycles. The summed E-state index contributed by atoms with van der Waals surface area (Å²) >= 11 is 0. The molecule has 9 heteroatoms. The summed E-state index contributed by atoms with van der Waals surface area (Å²) in [6.45, 7) is 0.948. The summed E-state index contributed by atoms with van der Waals surface area (Å²) in [5, 5.41) is 30.6. The van der Waals surface area contributed by atoms with Crippen LogP contribution in [0.15, 0.2) is 17.8 Å². The highest BCUT2D eigenvalue weighted by Gasteiger charge is 2.53. The molecule has 6 rings (SSSR count). The highest BCUT2D eigenvalue weighted by atomic mass is 19.1. The standard InChI is InChI=1S/C23H27FN2O6/c1-31-20-16-13(18-19(32-18)14(22(28)29)10-26(16)12-2-3-12)8-15(24)17(20)25-7-4-11(9-25)21(27)23(30)5-6-23/h8,10-12,18-19,21,27,30H,2-7,9H2,1H3,(H,28,29). The van der Waals surface area contributed by atoms with Crippen LogP contribution in [0.5, 0.6) is 5.75 Å². The largest absolute Gasteiger partial charge is 0.492 e. The average molecular weight is 446 g/mol. The molecule has 1 aromatic carbocycles. The summed E-state index contributed by atoms with van der Waals surface area (Å²) in [5.41, 5.74) is 0.759. The quantitative estimate of drug-likeness (QED) is 0.570. The number of aliphatic hydroxyl groups is 2. The number of hydrogen-bond acceptors (Lipinski definition) is 7. The molecule has 0 radical (unpaired) electrons. The third kappa shape index (κ3) is 3.02. The first kappa shape index (κ1) is 20.3. The molecule has 4 atom stereocenters. The fraction of sp³-hybridized carbons (Fsp3) is 0.609. The van der Waals surface area contributed by atoms with Gasteiger partial charge in [0.15, 0.2) is 11.6 Å². The summed E-state index contributed by atoms with van der Waals surface area (Å²) in [6, 6.07) is 1.59. The summed E-state index contributed by atoms with van der Waals surface area (Å²) in [4.78, 5) is 15.6. The van der Waals surface area contributed by atoms with Crippen LogP contribution in [0, 0.1) is 11.7 Å². The third-order valence-electron chi connectivity index (χ3n) is 7.54. The number of hydrogen-bond donors (Lipinski definition) is 3. The second kappa shape index (κ2) is 6.82. The highest BCUT2D eigenvalue weighted by Crippen LogP contribution is 2.57. The number of carboxylic acid groups (broad SMARTS) is 1. The van der Waals surface area contributed by atoms with Gasteiger partial charge in [0.2, 0.25) is 0 Å². The third-order valence-corrected chi connectivity index (χ3v) is 7.54. The Balaban J connectivity index is 1.41. The zero-order chi connectivity index (χ0) is 22.4. The van der Waals surface area contributed by atoms with E-state index < -0.39 is 35.7 Å². The van der Waals surface area contributed by atoms with Crippen LogP contribution in [0.4, 0.5) is 15.8 Å². The van der Waals surface area contributed by atoms with Crippen molar-refractivity contribution in [1.29, 1.82) is 0 Å². The number of ether oxygens (including phenoxy) is 2. The minimum Gasteiger partial charge on any atom is -0.492 e. The molecule has 8 nitrogen and oxygen atoms in total. The number of carboxylic acids is 1. The number of aliphatic hydroxyl groups excluding tert-OH is 1. The first-order valence-electron chi connectivity index (χ1n) is 11.3. The van der Waals surface area contributed by atoms with Crippen LogP contribution in [-0.4, -0.2) is 65.3 Å². The van der Waals surface area contributed by atoms with E-state index >= 15 is 4.39 Å². The van der Waals surface area contributed by atoms with Crippen LogP contribution in [0.2, 0.25) is 0 Å². The van der Waals surface area contributed by atoms with Gasteiger partial charge in [0.1, 0.15) is 17.9 Å². The van der Waals surface area contributed by atoms with E-state index in [1.165, 1.54) is 13.2 Å². The Bertz CT molecular complexity index is 1020. The molecule has 0 bridgehead atoms. The maximum absolute atomic E-state index is 15.5. The lowest BCUT2D eigenvalue weighted by Gasteiger charge is -2.30. The van der Waals surface area contributed by atoms with Crippen LogP contribution < -0.4 is 14.5 Å². The van der Waals surface area contributed by atoms with Crippen molar-refractivity contribution < 1.29 is 34.0 Å². The Kier molecular flexibility index (Phi) is 4.32. The van der Waals surface area contributed by atoms with Gasteiger partial charge in [-0.15, -0.1) is 0 Å². The Morgan fingerprint density at radius 3 is 2.66 bits per heavy atom. The second-order valence-corrected chi connectivity index (χ2v) is 9.73. The lowest BCUT2D eigenvalue weighted by atomic mass is 9.95. The molecule has 4 fully saturated rings.